The molecule has 0 unspecified atom stereocenters. The minimum Gasteiger partial charge on any atom is -0.343 e. The lowest BCUT2D eigenvalue weighted by Gasteiger charge is -2.26. The van der Waals surface area contributed by atoms with Gasteiger partial charge < -0.3 is 9.47 Å². The molecule has 1 heterocycles. The highest BCUT2D eigenvalue weighted by Gasteiger charge is 2.39. The van der Waals surface area contributed by atoms with Crippen LogP contribution in [0.1, 0.15) is 25.8 Å². The molecule has 0 amide bonds. The van der Waals surface area contributed by atoms with E-state index >= 15 is 0 Å². The van der Waals surface area contributed by atoms with E-state index in [9.17, 15) is 0 Å². The second-order valence-corrected chi connectivity index (χ2v) is 3.71. The highest BCUT2D eigenvalue weighted by atomic mass is 16.7. The van der Waals surface area contributed by atoms with Gasteiger partial charge in [0, 0.05) is 12.0 Å². The molecule has 0 spiro atoms. The van der Waals surface area contributed by atoms with Gasteiger partial charge >= 0.3 is 0 Å². The summed E-state index contributed by atoms with van der Waals surface area (Å²) in [6, 6.07) is 10.2. The number of ether oxygens (including phenoxy) is 2. The molecule has 14 heavy (non-hydrogen) atoms. The number of benzene rings is 1. The first kappa shape index (κ1) is 9.69. The van der Waals surface area contributed by atoms with Crippen LogP contribution in [0, 0.1) is 0 Å². The van der Waals surface area contributed by atoms with Crippen LogP contribution in [0.2, 0.25) is 0 Å². The van der Waals surface area contributed by atoms with Crippen molar-refractivity contribution in [3.8, 4) is 0 Å². The van der Waals surface area contributed by atoms with Gasteiger partial charge in [-0.05, 0) is 6.92 Å². The topological polar surface area (TPSA) is 18.5 Å². The van der Waals surface area contributed by atoms with Gasteiger partial charge in [-0.15, -0.1) is 0 Å². The third kappa shape index (κ3) is 1.56. The number of hydrogen-bond acceptors (Lipinski definition) is 2. The van der Waals surface area contributed by atoms with E-state index in [-0.39, 0.29) is 6.10 Å². The van der Waals surface area contributed by atoms with Crippen LogP contribution < -0.4 is 0 Å². The lowest BCUT2D eigenvalue weighted by atomic mass is 10.0. The Kier molecular flexibility index (Phi) is 2.57. The van der Waals surface area contributed by atoms with Gasteiger partial charge in [0.25, 0.3) is 0 Å². The molecule has 0 bridgehead atoms. The van der Waals surface area contributed by atoms with Crippen molar-refractivity contribution in [3.05, 3.63) is 35.9 Å². The fourth-order valence-corrected chi connectivity index (χ4v) is 1.88. The van der Waals surface area contributed by atoms with Crippen LogP contribution in [-0.2, 0) is 15.3 Å². The van der Waals surface area contributed by atoms with Gasteiger partial charge in [-0.1, -0.05) is 37.3 Å². The van der Waals surface area contributed by atoms with E-state index in [0.717, 1.165) is 12.0 Å². The van der Waals surface area contributed by atoms with Crippen molar-refractivity contribution in [1.29, 1.82) is 0 Å². The van der Waals surface area contributed by atoms with Crippen LogP contribution in [0.5, 0.6) is 0 Å². The normalized spacial score (nSPS) is 32.0. The summed E-state index contributed by atoms with van der Waals surface area (Å²) in [5, 5.41) is 0. The second-order valence-electron chi connectivity index (χ2n) is 3.71. The molecule has 0 aromatic heterocycles. The fourth-order valence-electron chi connectivity index (χ4n) is 1.88. The van der Waals surface area contributed by atoms with Crippen LogP contribution in [0.4, 0.5) is 0 Å². The molecular weight excluding hydrogens is 176 g/mol. The predicted octanol–water partition coefficient (Wildman–Crippen LogP) is 2.68. The third-order valence-electron chi connectivity index (χ3n) is 2.62. The van der Waals surface area contributed by atoms with Gasteiger partial charge in [0.2, 0.25) is 0 Å². The summed E-state index contributed by atoms with van der Waals surface area (Å²) in [5.74, 6) is -0.499. The molecule has 1 fully saturated rings. The van der Waals surface area contributed by atoms with Crippen molar-refractivity contribution < 1.29 is 9.47 Å². The van der Waals surface area contributed by atoms with Gasteiger partial charge in [-0.25, -0.2) is 0 Å². The maximum atomic E-state index is 5.86. The zero-order valence-corrected chi connectivity index (χ0v) is 8.69. The van der Waals surface area contributed by atoms with Crippen molar-refractivity contribution >= 4 is 0 Å². The largest absolute Gasteiger partial charge is 0.343 e. The Bertz CT molecular complexity index is 296. The van der Waals surface area contributed by atoms with Crippen LogP contribution in [0.3, 0.4) is 0 Å². The molecule has 2 atom stereocenters. The molecule has 0 aliphatic carbocycles. The lowest BCUT2D eigenvalue weighted by molar-refractivity contribution is -0.177. The summed E-state index contributed by atoms with van der Waals surface area (Å²) >= 11 is 0. The first-order valence-electron chi connectivity index (χ1n) is 5.14. The molecular formula is C12H16O2. The molecule has 1 saturated heterocycles. The zero-order valence-electron chi connectivity index (χ0n) is 8.69. The van der Waals surface area contributed by atoms with Crippen LogP contribution in [0.25, 0.3) is 0 Å². The number of rotatable bonds is 2. The van der Waals surface area contributed by atoms with E-state index in [1.54, 1.807) is 0 Å². The standard InChI is InChI=1S/C12H16O2/c1-3-12(13-9-10(2)14-12)11-7-5-4-6-8-11/h4-8,10H,3,9H2,1-2H3/t10-,12-/m0/s1. The van der Waals surface area contributed by atoms with E-state index in [1.165, 1.54) is 0 Å². The molecule has 1 aromatic rings. The Labute approximate surface area is 84.8 Å². The minimum absolute atomic E-state index is 0.190. The molecule has 2 nitrogen and oxygen atoms in total. The van der Waals surface area contributed by atoms with E-state index in [0.29, 0.717) is 6.61 Å². The summed E-state index contributed by atoms with van der Waals surface area (Å²) < 4.78 is 11.6. The van der Waals surface area contributed by atoms with E-state index in [4.69, 9.17) is 9.47 Å². The Balaban J connectivity index is 2.30. The van der Waals surface area contributed by atoms with Crippen LogP contribution >= 0.6 is 0 Å². The molecule has 76 valence electrons. The van der Waals surface area contributed by atoms with Crippen molar-refractivity contribution in [2.75, 3.05) is 6.61 Å². The van der Waals surface area contributed by atoms with Crippen molar-refractivity contribution in [2.24, 2.45) is 0 Å². The summed E-state index contributed by atoms with van der Waals surface area (Å²) in [6.45, 7) is 4.81. The Morgan fingerprint density at radius 1 is 1.36 bits per heavy atom. The molecule has 0 saturated carbocycles. The molecule has 2 heteroatoms. The minimum atomic E-state index is -0.499. The van der Waals surface area contributed by atoms with E-state index < -0.39 is 5.79 Å². The zero-order chi connectivity index (χ0) is 10.0. The monoisotopic (exact) mass is 192 g/mol. The summed E-state index contributed by atoms with van der Waals surface area (Å²) in [6.07, 6.45) is 1.04. The Hall–Kier alpha value is -0.860. The average molecular weight is 192 g/mol. The molecule has 1 aromatic carbocycles. The summed E-state index contributed by atoms with van der Waals surface area (Å²) in [7, 11) is 0. The second kappa shape index (κ2) is 3.71. The SMILES string of the molecule is CC[C@]1(c2ccccc2)OC[C@H](C)O1. The van der Waals surface area contributed by atoms with Crippen LogP contribution in [0.15, 0.2) is 30.3 Å². The first-order valence-corrected chi connectivity index (χ1v) is 5.14. The molecule has 0 radical (unpaired) electrons. The quantitative estimate of drug-likeness (QED) is 0.717. The van der Waals surface area contributed by atoms with Crippen LogP contribution in [-0.4, -0.2) is 12.7 Å². The van der Waals surface area contributed by atoms with E-state index in [1.807, 2.05) is 25.1 Å². The fraction of sp³-hybridized carbons (Fsp3) is 0.500. The lowest BCUT2D eigenvalue weighted by Crippen LogP contribution is -2.26. The van der Waals surface area contributed by atoms with Crippen molar-refractivity contribution in [1.82, 2.24) is 0 Å². The van der Waals surface area contributed by atoms with E-state index in [2.05, 4.69) is 19.1 Å². The van der Waals surface area contributed by atoms with Crippen molar-refractivity contribution in [3.63, 3.8) is 0 Å². The third-order valence-corrected chi connectivity index (χ3v) is 2.62. The number of hydrogen-bond donors (Lipinski definition) is 0. The maximum Gasteiger partial charge on any atom is 0.195 e. The first-order chi connectivity index (χ1) is 6.77. The predicted molar refractivity (Wildman–Crippen MR) is 54.9 cm³/mol. The highest BCUT2D eigenvalue weighted by Crippen LogP contribution is 2.36. The molecule has 2 rings (SSSR count). The average Bonchev–Trinajstić information content (AvgIpc) is 2.63. The maximum absolute atomic E-state index is 5.86. The smallest absolute Gasteiger partial charge is 0.195 e. The molecule has 0 N–H and O–H groups in total. The summed E-state index contributed by atoms with van der Waals surface area (Å²) in [4.78, 5) is 0. The van der Waals surface area contributed by atoms with Gasteiger partial charge in [-0.2, -0.15) is 0 Å². The summed E-state index contributed by atoms with van der Waals surface area (Å²) in [5.41, 5.74) is 1.12. The highest BCUT2D eigenvalue weighted by molar-refractivity contribution is 5.20. The van der Waals surface area contributed by atoms with Gasteiger partial charge in [0.05, 0.1) is 12.7 Å². The molecule has 1 aliphatic rings. The van der Waals surface area contributed by atoms with Gasteiger partial charge in [0.1, 0.15) is 0 Å². The Morgan fingerprint density at radius 2 is 2.07 bits per heavy atom. The molecule has 1 aliphatic heterocycles. The van der Waals surface area contributed by atoms with Gasteiger partial charge in [-0.3, -0.25) is 0 Å². The van der Waals surface area contributed by atoms with Crippen molar-refractivity contribution in [2.45, 2.75) is 32.2 Å². The van der Waals surface area contributed by atoms with Gasteiger partial charge in [0.15, 0.2) is 5.79 Å². The Morgan fingerprint density at radius 3 is 2.57 bits per heavy atom.